The average Bonchev–Trinajstić information content (AvgIpc) is 2.46. The van der Waals surface area contributed by atoms with Gasteiger partial charge in [0.05, 0.1) is 11.6 Å². The molecule has 21 heavy (non-hydrogen) atoms. The molecule has 0 radical (unpaired) electrons. The maximum absolute atomic E-state index is 12.6. The lowest BCUT2D eigenvalue weighted by molar-refractivity contribution is -0.128. The summed E-state index contributed by atoms with van der Waals surface area (Å²) in [4.78, 5) is 12.6. The molecule has 3 N–H and O–H groups in total. The van der Waals surface area contributed by atoms with Crippen LogP contribution < -0.4 is 11.1 Å². The van der Waals surface area contributed by atoms with Crippen molar-refractivity contribution in [2.24, 2.45) is 11.7 Å². The molecule has 1 unspecified atom stereocenters. The maximum Gasteiger partial charge on any atom is 0.240 e. The van der Waals surface area contributed by atoms with E-state index in [4.69, 9.17) is 17.3 Å². The van der Waals surface area contributed by atoms with Gasteiger partial charge in [0.1, 0.15) is 0 Å². The largest absolute Gasteiger partial charge is 0.347 e. The van der Waals surface area contributed by atoms with Crippen LogP contribution in [0.5, 0.6) is 0 Å². The van der Waals surface area contributed by atoms with Gasteiger partial charge in [-0.25, -0.2) is 0 Å². The summed E-state index contributed by atoms with van der Waals surface area (Å²) in [6.45, 7) is 4.20. The molecule has 0 spiro atoms. The van der Waals surface area contributed by atoms with E-state index in [1.54, 1.807) is 0 Å². The first-order chi connectivity index (χ1) is 9.92. The fourth-order valence-corrected chi connectivity index (χ4v) is 3.13. The third-order valence-corrected chi connectivity index (χ3v) is 4.63. The van der Waals surface area contributed by atoms with E-state index >= 15 is 0 Å². The first-order valence-electron chi connectivity index (χ1n) is 7.78. The summed E-state index contributed by atoms with van der Waals surface area (Å²) in [5.74, 6) is 0.276. The molecule has 0 aliphatic heterocycles. The highest BCUT2D eigenvalue weighted by molar-refractivity contribution is 6.30. The standard InChI is InChI=1S/C17H25ClN2O/c1-12(2)15(13-6-8-14(18)9-7-13)20-16(21)17(19)10-4-3-5-11-17/h6-9,12,15H,3-5,10-11,19H2,1-2H3,(H,20,21). The molecule has 1 aliphatic rings. The first-order valence-corrected chi connectivity index (χ1v) is 8.15. The molecule has 0 aromatic heterocycles. The molecule has 1 amide bonds. The second kappa shape index (κ2) is 6.80. The van der Waals surface area contributed by atoms with E-state index in [-0.39, 0.29) is 11.9 Å². The lowest BCUT2D eigenvalue weighted by Crippen LogP contribution is -2.56. The molecule has 0 bridgehead atoms. The maximum atomic E-state index is 12.6. The van der Waals surface area contributed by atoms with Crippen molar-refractivity contribution in [1.29, 1.82) is 0 Å². The second-order valence-corrected chi connectivity index (χ2v) is 6.90. The van der Waals surface area contributed by atoms with Crippen molar-refractivity contribution in [2.45, 2.75) is 57.5 Å². The topological polar surface area (TPSA) is 55.1 Å². The summed E-state index contributed by atoms with van der Waals surface area (Å²) in [6.07, 6.45) is 4.82. The number of nitrogens with two attached hydrogens (primary N) is 1. The van der Waals surface area contributed by atoms with Crippen LogP contribution in [-0.4, -0.2) is 11.4 Å². The van der Waals surface area contributed by atoms with Crippen LogP contribution >= 0.6 is 11.6 Å². The fraction of sp³-hybridized carbons (Fsp3) is 0.588. The SMILES string of the molecule is CC(C)C(NC(=O)C1(N)CCCCC1)c1ccc(Cl)cc1. The van der Waals surface area contributed by atoms with Crippen molar-refractivity contribution in [3.63, 3.8) is 0 Å². The Morgan fingerprint density at radius 2 is 1.76 bits per heavy atom. The number of hydrogen-bond acceptors (Lipinski definition) is 2. The van der Waals surface area contributed by atoms with Crippen LogP contribution in [0.15, 0.2) is 24.3 Å². The van der Waals surface area contributed by atoms with Crippen LogP contribution in [0, 0.1) is 5.92 Å². The van der Waals surface area contributed by atoms with Crippen molar-refractivity contribution in [3.8, 4) is 0 Å². The van der Waals surface area contributed by atoms with Crippen LogP contribution in [0.2, 0.25) is 5.02 Å². The van der Waals surface area contributed by atoms with Crippen molar-refractivity contribution >= 4 is 17.5 Å². The van der Waals surface area contributed by atoms with E-state index in [1.165, 1.54) is 6.42 Å². The third kappa shape index (κ3) is 3.98. The molecule has 1 fully saturated rings. The van der Waals surface area contributed by atoms with E-state index in [0.29, 0.717) is 10.9 Å². The highest BCUT2D eigenvalue weighted by Crippen LogP contribution is 2.29. The van der Waals surface area contributed by atoms with Gasteiger partial charge in [0, 0.05) is 5.02 Å². The summed E-state index contributed by atoms with van der Waals surface area (Å²) in [5, 5.41) is 3.86. The molecular formula is C17H25ClN2O. The predicted octanol–water partition coefficient (Wildman–Crippen LogP) is 3.81. The molecule has 1 aromatic rings. The predicted molar refractivity (Wildman–Crippen MR) is 87.2 cm³/mol. The first kappa shape index (κ1) is 16.3. The van der Waals surface area contributed by atoms with Crippen molar-refractivity contribution < 1.29 is 4.79 Å². The normalized spacial score (nSPS) is 19.3. The van der Waals surface area contributed by atoms with E-state index in [2.05, 4.69) is 19.2 Å². The van der Waals surface area contributed by atoms with E-state index in [9.17, 15) is 4.79 Å². The number of halogens is 1. The number of amides is 1. The molecule has 1 saturated carbocycles. The number of carbonyl (C=O) groups excluding carboxylic acids is 1. The quantitative estimate of drug-likeness (QED) is 0.888. The van der Waals surface area contributed by atoms with Gasteiger partial charge in [-0.1, -0.05) is 56.8 Å². The van der Waals surface area contributed by atoms with Gasteiger partial charge in [-0.3, -0.25) is 4.79 Å². The zero-order valence-corrected chi connectivity index (χ0v) is 13.6. The van der Waals surface area contributed by atoms with Crippen LogP contribution in [0.3, 0.4) is 0 Å². The molecule has 1 atom stereocenters. The zero-order chi connectivity index (χ0) is 15.5. The Bertz CT molecular complexity index is 478. The van der Waals surface area contributed by atoms with Crippen LogP contribution in [-0.2, 0) is 4.79 Å². The number of carbonyl (C=O) groups is 1. The minimum Gasteiger partial charge on any atom is -0.347 e. The monoisotopic (exact) mass is 308 g/mol. The van der Waals surface area contributed by atoms with Crippen LogP contribution in [0.25, 0.3) is 0 Å². The molecule has 3 nitrogen and oxygen atoms in total. The van der Waals surface area contributed by atoms with Crippen LogP contribution in [0.1, 0.15) is 57.6 Å². The van der Waals surface area contributed by atoms with Gasteiger partial charge in [-0.05, 0) is 36.5 Å². The van der Waals surface area contributed by atoms with E-state index in [0.717, 1.165) is 31.2 Å². The summed E-state index contributed by atoms with van der Waals surface area (Å²) >= 11 is 5.94. The highest BCUT2D eigenvalue weighted by Gasteiger charge is 2.36. The minimum absolute atomic E-state index is 0.0177. The number of rotatable bonds is 4. The van der Waals surface area contributed by atoms with E-state index < -0.39 is 5.54 Å². The summed E-state index contributed by atoms with van der Waals surface area (Å²) < 4.78 is 0. The third-order valence-electron chi connectivity index (χ3n) is 4.38. The van der Waals surface area contributed by atoms with Crippen molar-refractivity contribution in [1.82, 2.24) is 5.32 Å². The summed E-state index contributed by atoms with van der Waals surface area (Å²) in [7, 11) is 0. The summed E-state index contributed by atoms with van der Waals surface area (Å²) in [6, 6.07) is 7.63. The zero-order valence-electron chi connectivity index (χ0n) is 12.9. The van der Waals surface area contributed by atoms with Crippen molar-refractivity contribution in [2.75, 3.05) is 0 Å². The molecule has 0 saturated heterocycles. The smallest absolute Gasteiger partial charge is 0.240 e. The Kier molecular flexibility index (Phi) is 5.28. The number of benzene rings is 1. The van der Waals surface area contributed by atoms with Crippen molar-refractivity contribution in [3.05, 3.63) is 34.9 Å². The van der Waals surface area contributed by atoms with Gasteiger partial charge in [0.25, 0.3) is 0 Å². The van der Waals surface area contributed by atoms with Gasteiger partial charge in [0.15, 0.2) is 0 Å². The minimum atomic E-state index is -0.697. The second-order valence-electron chi connectivity index (χ2n) is 6.46. The van der Waals surface area contributed by atoms with Gasteiger partial charge in [0.2, 0.25) is 5.91 Å². The van der Waals surface area contributed by atoms with Gasteiger partial charge in [-0.15, -0.1) is 0 Å². The van der Waals surface area contributed by atoms with Gasteiger partial charge >= 0.3 is 0 Å². The molecule has 1 aromatic carbocycles. The Balaban J connectivity index is 2.12. The Hall–Kier alpha value is -1.06. The average molecular weight is 309 g/mol. The lowest BCUT2D eigenvalue weighted by Gasteiger charge is -2.34. The molecule has 0 heterocycles. The fourth-order valence-electron chi connectivity index (χ4n) is 3.00. The molecule has 116 valence electrons. The molecule has 1 aliphatic carbocycles. The molecule has 2 rings (SSSR count). The Morgan fingerprint density at radius 1 is 1.19 bits per heavy atom. The number of nitrogens with one attached hydrogen (secondary N) is 1. The highest BCUT2D eigenvalue weighted by atomic mass is 35.5. The Morgan fingerprint density at radius 3 is 2.29 bits per heavy atom. The summed E-state index contributed by atoms with van der Waals surface area (Å²) in [5.41, 5.74) is 6.69. The lowest BCUT2D eigenvalue weighted by atomic mass is 9.81. The molecule has 4 heteroatoms. The van der Waals surface area contributed by atoms with Gasteiger partial charge < -0.3 is 11.1 Å². The number of hydrogen-bond donors (Lipinski definition) is 2. The van der Waals surface area contributed by atoms with E-state index in [1.807, 2.05) is 24.3 Å². The Labute approximate surface area is 132 Å². The van der Waals surface area contributed by atoms with Gasteiger partial charge in [-0.2, -0.15) is 0 Å². The molecular weight excluding hydrogens is 284 g/mol. The van der Waals surface area contributed by atoms with Crippen LogP contribution in [0.4, 0.5) is 0 Å².